The molecule has 2 rings (SSSR count). The Balaban J connectivity index is 1.79. The minimum absolute atomic E-state index is 0.0258. The molecule has 0 heterocycles. The van der Waals surface area contributed by atoms with E-state index in [1.165, 1.54) is 35.7 Å². The molecule has 1 aliphatic rings. The van der Waals surface area contributed by atoms with Crippen LogP contribution in [-0.4, -0.2) is 11.2 Å². The van der Waals surface area contributed by atoms with Gasteiger partial charge in [0.25, 0.3) is 0 Å². The maximum Gasteiger partial charge on any atom is 0.0540 e. The summed E-state index contributed by atoms with van der Waals surface area (Å²) in [7, 11) is 0. The molecule has 1 fully saturated rings. The normalized spacial score (nSPS) is 25.6. The minimum atomic E-state index is -0.0258. The van der Waals surface area contributed by atoms with Crippen LogP contribution in [0, 0.1) is 5.92 Å². The van der Waals surface area contributed by atoms with Gasteiger partial charge in [0.15, 0.2) is 0 Å². The Morgan fingerprint density at radius 1 is 1.19 bits per heavy atom. The van der Waals surface area contributed by atoms with E-state index in [2.05, 4.69) is 40.2 Å². The van der Waals surface area contributed by atoms with Crippen LogP contribution >= 0.6 is 15.9 Å². The molecule has 16 heavy (non-hydrogen) atoms. The summed E-state index contributed by atoms with van der Waals surface area (Å²) in [5, 5.41) is 9.44. The second-order valence-corrected chi connectivity index (χ2v) is 5.76. The van der Waals surface area contributed by atoms with Gasteiger partial charge in [-0.1, -0.05) is 28.1 Å². The Kier molecular flexibility index (Phi) is 4.42. The van der Waals surface area contributed by atoms with Gasteiger partial charge in [-0.05, 0) is 62.1 Å². The van der Waals surface area contributed by atoms with E-state index < -0.39 is 0 Å². The smallest absolute Gasteiger partial charge is 0.0540 e. The number of halogens is 1. The molecule has 88 valence electrons. The third kappa shape index (κ3) is 3.60. The fraction of sp³-hybridized carbons (Fsp3) is 0.571. The maximum absolute atomic E-state index is 9.44. The second-order valence-electron chi connectivity index (χ2n) is 4.84. The molecular weight excluding hydrogens is 264 g/mol. The van der Waals surface area contributed by atoms with Gasteiger partial charge in [-0.25, -0.2) is 0 Å². The Labute approximate surface area is 106 Å². The van der Waals surface area contributed by atoms with Gasteiger partial charge >= 0.3 is 0 Å². The molecule has 0 radical (unpaired) electrons. The summed E-state index contributed by atoms with van der Waals surface area (Å²) in [5.41, 5.74) is 1.42. The maximum atomic E-state index is 9.44. The number of aryl methyl sites for hydroxylation is 1. The summed E-state index contributed by atoms with van der Waals surface area (Å²) in [6.07, 6.45) is 6.82. The predicted molar refractivity (Wildman–Crippen MR) is 70.4 cm³/mol. The van der Waals surface area contributed by atoms with Gasteiger partial charge in [0.2, 0.25) is 0 Å². The summed E-state index contributed by atoms with van der Waals surface area (Å²) in [4.78, 5) is 0. The molecule has 1 N–H and O–H groups in total. The van der Waals surface area contributed by atoms with Gasteiger partial charge in [-0.15, -0.1) is 0 Å². The van der Waals surface area contributed by atoms with Crippen LogP contribution in [0.3, 0.4) is 0 Å². The van der Waals surface area contributed by atoms with Crippen LogP contribution in [0.1, 0.15) is 37.7 Å². The third-order valence-corrected chi connectivity index (χ3v) is 4.04. The van der Waals surface area contributed by atoms with Crippen LogP contribution in [0.4, 0.5) is 0 Å². The van der Waals surface area contributed by atoms with Gasteiger partial charge in [-0.2, -0.15) is 0 Å². The Morgan fingerprint density at radius 2 is 1.94 bits per heavy atom. The van der Waals surface area contributed by atoms with Crippen LogP contribution < -0.4 is 0 Å². The SMILES string of the molecule is OC1CCC(CCc2cccc(Br)c2)CC1. The van der Waals surface area contributed by atoms with Crippen molar-refractivity contribution >= 4 is 15.9 Å². The lowest BCUT2D eigenvalue weighted by Gasteiger charge is -2.25. The summed E-state index contributed by atoms with van der Waals surface area (Å²) < 4.78 is 1.17. The predicted octanol–water partition coefficient (Wildman–Crippen LogP) is 3.93. The summed E-state index contributed by atoms with van der Waals surface area (Å²) in [6.45, 7) is 0. The lowest BCUT2D eigenvalue weighted by atomic mass is 9.84. The highest BCUT2D eigenvalue weighted by Crippen LogP contribution is 2.28. The van der Waals surface area contributed by atoms with E-state index in [-0.39, 0.29) is 6.10 Å². The van der Waals surface area contributed by atoms with Gasteiger partial charge < -0.3 is 5.11 Å². The Morgan fingerprint density at radius 3 is 2.62 bits per heavy atom. The van der Waals surface area contributed by atoms with Crippen molar-refractivity contribution in [2.24, 2.45) is 5.92 Å². The third-order valence-electron chi connectivity index (χ3n) is 3.55. The van der Waals surface area contributed by atoms with E-state index in [0.717, 1.165) is 18.8 Å². The highest BCUT2D eigenvalue weighted by Gasteiger charge is 2.18. The molecule has 1 saturated carbocycles. The first-order valence-corrected chi connectivity index (χ1v) is 6.96. The van der Waals surface area contributed by atoms with Gasteiger partial charge in [0.05, 0.1) is 6.10 Å². The van der Waals surface area contributed by atoms with E-state index in [1.54, 1.807) is 0 Å². The monoisotopic (exact) mass is 282 g/mol. The number of hydrogen-bond acceptors (Lipinski definition) is 1. The Bertz CT molecular complexity index is 329. The minimum Gasteiger partial charge on any atom is -0.393 e. The zero-order chi connectivity index (χ0) is 11.4. The number of aliphatic hydroxyl groups is 1. The molecule has 0 unspecified atom stereocenters. The van der Waals surface area contributed by atoms with E-state index >= 15 is 0 Å². The van der Waals surface area contributed by atoms with Crippen molar-refractivity contribution in [3.8, 4) is 0 Å². The lowest BCUT2D eigenvalue weighted by molar-refractivity contribution is 0.106. The molecule has 0 aliphatic heterocycles. The lowest BCUT2D eigenvalue weighted by Crippen LogP contribution is -2.18. The van der Waals surface area contributed by atoms with Crippen LogP contribution in [-0.2, 0) is 6.42 Å². The van der Waals surface area contributed by atoms with E-state index in [0.29, 0.717) is 0 Å². The molecule has 0 saturated heterocycles. The Hall–Kier alpha value is -0.340. The fourth-order valence-corrected chi connectivity index (χ4v) is 2.94. The van der Waals surface area contributed by atoms with Crippen molar-refractivity contribution in [2.45, 2.75) is 44.6 Å². The van der Waals surface area contributed by atoms with Crippen molar-refractivity contribution < 1.29 is 5.11 Å². The van der Waals surface area contributed by atoms with E-state index in [1.807, 2.05) is 0 Å². The van der Waals surface area contributed by atoms with Crippen molar-refractivity contribution in [1.82, 2.24) is 0 Å². The number of aliphatic hydroxyl groups excluding tert-OH is 1. The molecule has 0 amide bonds. The topological polar surface area (TPSA) is 20.2 Å². The standard InChI is InChI=1S/C14H19BrO/c15-13-3-1-2-12(10-13)5-4-11-6-8-14(16)9-7-11/h1-3,10-11,14,16H,4-9H2. The van der Waals surface area contributed by atoms with Crippen LogP contribution in [0.15, 0.2) is 28.7 Å². The van der Waals surface area contributed by atoms with Gasteiger partial charge in [-0.3, -0.25) is 0 Å². The summed E-state index contributed by atoms with van der Waals surface area (Å²) >= 11 is 3.50. The molecule has 1 aliphatic carbocycles. The molecular formula is C14H19BrO. The first-order chi connectivity index (χ1) is 7.74. The molecule has 2 heteroatoms. The molecule has 1 aromatic carbocycles. The van der Waals surface area contributed by atoms with Gasteiger partial charge in [0.1, 0.15) is 0 Å². The number of rotatable bonds is 3. The van der Waals surface area contributed by atoms with Crippen molar-refractivity contribution in [3.63, 3.8) is 0 Å². The molecule has 1 aromatic rings. The molecule has 0 bridgehead atoms. The zero-order valence-electron chi connectivity index (χ0n) is 9.53. The molecule has 0 aromatic heterocycles. The quantitative estimate of drug-likeness (QED) is 0.891. The fourth-order valence-electron chi connectivity index (χ4n) is 2.50. The molecule has 0 atom stereocenters. The van der Waals surface area contributed by atoms with E-state index in [4.69, 9.17) is 0 Å². The van der Waals surface area contributed by atoms with Crippen molar-refractivity contribution in [3.05, 3.63) is 34.3 Å². The zero-order valence-corrected chi connectivity index (χ0v) is 11.1. The first kappa shape index (κ1) is 12.1. The average Bonchev–Trinajstić information content (AvgIpc) is 2.28. The summed E-state index contributed by atoms with van der Waals surface area (Å²) in [5.74, 6) is 0.822. The van der Waals surface area contributed by atoms with Crippen LogP contribution in [0.5, 0.6) is 0 Å². The second kappa shape index (κ2) is 5.83. The first-order valence-electron chi connectivity index (χ1n) is 6.16. The highest BCUT2D eigenvalue weighted by atomic mass is 79.9. The number of hydrogen-bond donors (Lipinski definition) is 1. The summed E-state index contributed by atoms with van der Waals surface area (Å²) in [6, 6.07) is 8.57. The molecule has 1 nitrogen and oxygen atoms in total. The van der Waals surface area contributed by atoms with Crippen molar-refractivity contribution in [2.75, 3.05) is 0 Å². The largest absolute Gasteiger partial charge is 0.393 e. The van der Waals surface area contributed by atoms with E-state index in [9.17, 15) is 5.11 Å². The highest BCUT2D eigenvalue weighted by molar-refractivity contribution is 9.10. The number of benzene rings is 1. The average molecular weight is 283 g/mol. The van der Waals surface area contributed by atoms with Crippen LogP contribution in [0.2, 0.25) is 0 Å². The van der Waals surface area contributed by atoms with Crippen molar-refractivity contribution in [1.29, 1.82) is 0 Å². The molecule has 0 spiro atoms. The van der Waals surface area contributed by atoms with Crippen LogP contribution in [0.25, 0.3) is 0 Å². The van der Waals surface area contributed by atoms with Gasteiger partial charge in [0, 0.05) is 4.47 Å².